The van der Waals surface area contributed by atoms with E-state index in [1.165, 1.54) is 6.92 Å². The van der Waals surface area contributed by atoms with Crippen LogP contribution in [0.5, 0.6) is 0 Å². The Kier molecular flexibility index (Phi) is 5.27. The van der Waals surface area contributed by atoms with Gasteiger partial charge in [-0.25, -0.2) is 4.79 Å². The molecule has 1 atom stereocenters. The topological polar surface area (TPSA) is 87.9 Å². The number of hydrogen-bond donors (Lipinski definition) is 0. The molecule has 0 saturated heterocycles. The third-order valence-electron chi connectivity index (χ3n) is 2.38. The van der Waals surface area contributed by atoms with Crippen LogP contribution in [0.1, 0.15) is 32.6 Å². The van der Waals surface area contributed by atoms with Crippen LogP contribution in [0.2, 0.25) is 0 Å². The van der Waals surface area contributed by atoms with Crippen molar-refractivity contribution in [3.63, 3.8) is 0 Å². The lowest BCUT2D eigenvalue weighted by molar-refractivity contribution is -0.769. The van der Waals surface area contributed by atoms with Gasteiger partial charge in [-0.15, -0.1) is 10.1 Å². The second-order valence-corrected chi connectivity index (χ2v) is 4.37. The number of carbonyl (C=O) groups is 1. The van der Waals surface area contributed by atoms with E-state index >= 15 is 0 Å². The lowest BCUT2D eigenvalue weighted by Crippen LogP contribution is -2.30. The molecule has 7 nitrogen and oxygen atoms in total. The van der Waals surface area contributed by atoms with Crippen molar-refractivity contribution in [2.24, 2.45) is 0 Å². The van der Waals surface area contributed by atoms with Gasteiger partial charge in [-0.1, -0.05) is 11.6 Å². The summed E-state index contributed by atoms with van der Waals surface area (Å²) < 4.78 is 9.59. The lowest BCUT2D eigenvalue weighted by atomic mass is 9.95. The second kappa shape index (κ2) is 6.48. The second-order valence-electron chi connectivity index (χ2n) is 3.76. The molecule has 1 unspecified atom stereocenters. The first-order valence-corrected chi connectivity index (χ1v) is 5.73. The Labute approximate surface area is 103 Å². The van der Waals surface area contributed by atoms with E-state index in [-0.39, 0.29) is 6.10 Å². The Hall–Kier alpha value is -1.24. The van der Waals surface area contributed by atoms with Crippen LogP contribution >= 0.6 is 11.6 Å². The monoisotopic (exact) mass is 267 g/mol. The SMILES string of the molecule is CC(Cl)OC(=O)OC1CCC(O[N+](=O)[O-])CC1. The van der Waals surface area contributed by atoms with E-state index < -0.39 is 22.9 Å². The molecule has 0 aromatic carbocycles. The fraction of sp³-hybridized carbons (Fsp3) is 0.889. The van der Waals surface area contributed by atoms with Crippen molar-refractivity contribution >= 4 is 17.8 Å². The molecule has 0 spiro atoms. The van der Waals surface area contributed by atoms with Crippen LogP contribution in [0, 0.1) is 10.1 Å². The summed E-state index contributed by atoms with van der Waals surface area (Å²) in [7, 11) is 0. The highest BCUT2D eigenvalue weighted by Crippen LogP contribution is 2.24. The molecular formula is C9H14ClNO6. The van der Waals surface area contributed by atoms with E-state index in [1.807, 2.05) is 0 Å². The Morgan fingerprint density at radius 1 is 1.35 bits per heavy atom. The highest BCUT2D eigenvalue weighted by Gasteiger charge is 2.26. The quantitative estimate of drug-likeness (QED) is 0.336. The Morgan fingerprint density at radius 2 is 1.88 bits per heavy atom. The van der Waals surface area contributed by atoms with Crippen molar-refractivity contribution in [1.29, 1.82) is 0 Å². The minimum Gasteiger partial charge on any atom is -0.431 e. The summed E-state index contributed by atoms with van der Waals surface area (Å²) in [5, 5.41) is 9.32. The summed E-state index contributed by atoms with van der Waals surface area (Å²) in [6.07, 6.45) is 0.489. The fourth-order valence-electron chi connectivity index (χ4n) is 1.67. The van der Waals surface area contributed by atoms with Gasteiger partial charge in [-0.3, -0.25) is 0 Å². The first kappa shape index (κ1) is 13.8. The minimum absolute atomic E-state index is 0.287. The molecule has 0 aromatic heterocycles. The summed E-state index contributed by atoms with van der Waals surface area (Å²) in [6, 6.07) is 0. The van der Waals surface area contributed by atoms with Gasteiger partial charge in [0.05, 0.1) is 0 Å². The molecule has 0 bridgehead atoms. The number of nitrogens with zero attached hydrogens (tertiary/aromatic N) is 1. The molecule has 0 heterocycles. The average molecular weight is 268 g/mol. The van der Waals surface area contributed by atoms with Crippen molar-refractivity contribution in [2.75, 3.05) is 0 Å². The van der Waals surface area contributed by atoms with Crippen LogP contribution in [0.15, 0.2) is 0 Å². The average Bonchev–Trinajstić information content (AvgIpc) is 2.18. The summed E-state index contributed by atoms with van der Waals surface area (Å²) in [5.74, 6) is 0. The van der Waals surface area contributed by atoms with E-state index in [9.17, 15) is 14.9 Å². The van der Waals surface area contributed by atoms with Gasteiger partial charge < -0.3 is 14.3 Å². The molecular weight excluding hydrogens is 254 g/mol. The van der Waals surface area contributed by atoms with Gasteiger partial charge in [0.15, 0.2) is 5.56 Å². The van der Waals surface area contributed by atoms with Crippen LogP contribution in [-0.4, -0.2) is 29.0 Å². The zero-order valence-corrected chi connectivity index (χ0v) is 10.1. The van der Waals surface area contributed by atoms with Crippen LogP contribution in [0.3, 0.4) is 0 Å². The molecule has 1 aliphatic rings. The molecule has 1 rings (SSSR count). The highest BCUT2D eigenvalue weighted by atomic mass is 35.5. The lowest BCUT2D eigenvalue weighted by Gasteiger charge is -2.26. The van der Waals surface area contributed by atoms with Crippen molar-refractivity contribution in [3.8, 4) is 0 Å². The summed E-state index contributed by atoms with van der Waals surface area (Å²) >= 11 is 5.45. The zero-order valence-electron chi connectivity index (χ0n) is 9.34. The molecule has 0 amide bonds. The van der Waals surface area contributed by atoms with Crippen LogP contribution < -0.4 is 0 Å². The molecule has 1 aliphatic carbocycles. The normalized spacial score (nSPS) is 25.8. The van der Waals surface area contributed by atoms with Crippen molar-refractivity contribution in [2.45, 2.75) is 50.4 Å². The van der Waals surface area contributed by atoms with Crippen LogP contribution in [0.25, 0.3) is 0 Å². The van der Waals surface area contributed by atoms with E-state index in [4.69, 9.17) is 16.3 Å². The third-order valence-corrected chi connectivity index (χ3v) is 2.47. The van der Waals surface area contributed by atoms with Crippen molar-refractivity contribution in [3.05, 3.63) is 10.1 Å². The molecule has 8 heteroatoms. The molecule has 0 aromatic rings. The largest absolute Gasteiger partial charge is 0.510 e. The van der Waals surface area contributed by atoms with E-state index in [0.29, 0.717) is 25.7 Å². The van der Waals surface area contributed by atoms with Gasteiger partial charge >= 0.3 is 6.16 Å². The van der Waals surface area contributed by atoms with Gasteiger partial charge in [0.2, 0.25) is 0 Å². The molecule has 98 valence electrons. The van der Waals surface area contributed by atoms with E-state index in [0.717, 1.165) is 0 Å². The summed E-state index contributed by atoms with van der Waals surface area (Å²) in [5.41, 5.74) is -0.739. The minimum atomic E-state index is -0.814. The number of ether oxygens (including phenoxy) is 2. The maximum Gasteiger partial charge on any atom is 0.510 e. The zero-order chi connectivity index (χ0) is 12.8. The Bertz CT molecular complexity index is 277. The van der Waals surface area contributed by atoms with Crippen LogP contribution in [0.4, 0.5) is 4.79 Å². The van der Waals surface area contributed by atoms with Crippen molar-refractivity contribution < 1.29 is 24.2 Å². The van der Waals surface area contributed by atoms with Gasteiger partial charge in [0, 0.05) is 0 Å². The fourth-order valence-corrected chi connectivity index (χ4v) is 1.75. The Morgan fingerprint density at radius 3 is 2.35 bits per heavy atom. The molecule has 1 fully saturated rings. The highest BCUT2D eigenvalue weighted by molar-refractivity contribution is 6.19. The summed E-state index contributed by atoms with van der Waals surface area (Å²) in [4.78, 5) is 25.7. The van der Waals surface area contributed by atoms with Crippen molar-refractivity contribution in [1.82, 2.24) is 0 Å². The number of carbonyl (C=O) groups excluding carboxylic acids is 1. The van der Waals surface area contributed by atoms with Gasteiger partial charge in [-0.2, -0.15) is 0 Å². The van der Waals surface area contributed by atoms with Crippen LogP contribution in [-0.2, 0) is 14.3 Å². The predicted octanol–water partition coefficient (Wildman–Crippen LogP) is 2.24. The number of hydrogen-bond acceptors (Lipinski definition) is 6. The maximum atomic E-state index is 11.1. The molecule has 1 saturated carbocycles. The number of alkyl halides is 1. The van der Waals surface area contributed by atoms with Gasteiger partial charge in [-0.05, 0) is 32.6 Å². The first-order valence-electron chi connectivity index (χ1n) is 5.30. The number of halogens is 1. The molecule has 17 heavy (non-hydrogen) atoms. The third kappa shape index (κ3) is 5.58. The van der Waals surface area contributed by atoms with Gasteiger partial charge in [0.25, 0.3) is 5.09 Å². The first-order chi connectivity index (χ1) is 7.97. The van der Waals surface area contributed by atoms with E-state index in [2.05, 4.69) is 9.57 Å². The Balaban J connectivity index is 2.23. The molecule has 0 radical (unpaired) electrons. The molecule has 0 N–H and O–H groups in total. The number of rotatable bonds is 4. The maximum absolute atomic E-state index is 11.1. The van der Waals surface area contributed by atoms with E-state index in [1.54, 1.807) is 0 Å². The van der Waals surface area contributed by atoms with Gasteiger partial charge in [0.1, 0.15) is 12.2 Å². The predicted molar refractivity (Wildman–Crippen MR) is 57.0 cm³/mol. The molecule has 0 aliphatic heterocycles. The summed E-state index contributed by atoms with van der Waals surface area (Å²) in [6.45, 7) is 1.50. The standard InChI is InChI=1S/C9H14ClNO6/c1-6(10)15-9(12)16-7-2-4-8(5-3-7)17-11(13)14/h6-8H,2-5H2,1H3. The smallest absolute Gasteiger partial charge is 0.431 e.